The van der Waals surface area contributed by atoms with Crippen LogP contribution in [0.25, 0.3) is 0 Å². The summed E-state index contributed by atoms with van der Waals surface area (Å²) in [5.41, 5.74) is 0.455. The summed E-state index contributed by atoms with van der Waals surface area (Å²) >= 11 is 3.52. The van der Waals surface area contributed by atoms with E-state index in [9.17, 15) is 4.79 Å². The molecule has 5 heteroatoms. The first kappa shape index (κ1) is 13.7. The lowest BCUT2D eigenvalue weighted by Gasteiger charge is -2.35. The van der Waals surface area contributed by atoms with E-state index in [-0.39, 0.29) is 6.42 Å². The Balaban J connectivity index is 1.95. The number of halogens is 1. The second-order valence-electron chi connectivity index (χ2n) is 6.20. The molecule has 1 aromatic rings. The Labute approximate surface area is 126 Å². The van der Waals surface area contributed by atoms with E-state index in [1.54, 1.807) is 0 Å². The molecule has 0 bridgehead atoms. The molecule has 1 aromatic carbocycles. The first-order valence-electron chi connectivity index (χ1n) is 6.75. The van der Waals surface area contributed by atoms with Gasteiger partial charge in [0, 0.05) is 22.7 Å². The highest BCUT2D eigenvalue weighted by Crippen LogP contribution is 2.51. The summed E-state index contributed by atoms with van der Waals surface area (Å²) < 4.78 is 12.7. The van der Waals surface area contributed by atoms with E-state index in [1.165, 1.54) is 0 Å². The molecule has 0 radical (unpaired) electrons. The zero-order valence-corrected chi connectivity index (χ0v) is 13.1. The van der Waals surface area contributed by atoms with Gasteiger partial charge in [-0.2, -0.15) is 0 Å². The van der Waals surface area contributed by atoms with Gasteiger partial charge in [-0.3, -0.25) is 4.79 Å². The molecule has 1 aliphatic heterocycles. The van der Waals surface area contributed by atoms with Crippen LogP contribution in [0.5, 0.6) is 11.5 Å². The normalized spacial score (nSPS) is 18.9. The first-order chi connectivity index (χ1) is 9.31. The van der Waals surface area contributed by atoms with Gasteiger partial charge in [0.15, 0.2) is 11.5 Å². The van der Waals surface area contributed by atoms with Gasteiger partial charge in [0.1, 0.15) is 0 Å². The average Bonchev–Trinajstić information content (AvgIpc) is 2.64. The van der Waals surface area contributed by atoms with E-state index in [4.69, 9.17) is 14.6 Å². The molecule has 1 saturated carbocycles. The summed E-state index contributed by atoms with van der Waals surface area (Å²) in [4.78, 5) is 11.0. The van der Waals surface area contributed by atoms with Gasteiger partial charge in [0.25, 0.3) is 5.79 Å². The lowest BCUT2D eigenvalue weighted by molar-refractivity contribution is -0.139. The molecule has 2 aliphatic rings. The average molecular weight is 341 g/mol. The van der Waals surface area contributed by atoms with E-state index in [1.807, 2.05) is 26.0 Å². The van der Waals surface area contributed by atoms with Gasteiger partial charge in [-0.15, -0.1) is 0 Å². The molecule has 3 rings (SSSR count). The zero-order valence-electron chi connectivity index (χ0n) is 11.5. The summed E-state index contributed by atoms with van der Waals surface area (Å²) in [6, 6.07) is 3.80. The summed E-state index contributed by atoms with van der Waals surface area (Å²) in [5.74, 6) is 0.194. The molecule has 1 fully saturated rings. The number of carbonyl (C=O) groups is 1. The topological polar surface area (TPSA) is 55.8 Å². The standard InChI is InChI=1S/C15H17BrO4/c1-14(2,8-13(17)18)9-6-11-12(7-10(9)16)20-15(19-11)4-3-5-15/h6-7H,3-5,8H2,1-2H3,(H,17,18). The van der Waals surface area contributed by atoms with Crippen LogP contribution in [0.15, 0.2) is 16.6 Å². The number of ether oxygens (including phenoxy) is 2. The number of hydrogen-bond donors (Lipinski definition) is 1. The van der Waals surface area contributed by atoms with Crippen LogP contribution in [-0.2, 0) is 10.2 Å². The van der Waals surface area contributed by atoms with Gasteiger partial charge in [0.05, 0.1) is 6.42 Å². The smallest absolute Gasteiger partial charge is 0.304 e. The lowest BCUT2D eigenvalue weighted by atomic mass is 9.81. The van der Waals surface area contributed by atoms with Crippen molar-refractivity contribution in [2.24, 2.45) is 0 Å². The van der Waals surface area contributed by atoms with Crippen LogP contribution in [0.3, 0.4) is 0 Å². The highest BCUT2D eigenvalue weighted by atomic mass is 79.9. The van der Waals surface area contributed by atoms with Crippen LogP contribution in [0.4, 0.5) is 0 Å². The fourth-order valence-corrected chi connectivity index (χ4v) is 3.64. The molecule has 1 N–H and O–H groups in total. The van der Waals surface area contributed by atoms with Gasteiger partial charge in [-0.05, 0) is 24.1 Å². The number of fused-ring (bicyclic) bond motifs is 1. The van der Waals surface area contributed by atoms with Crippen molar-refractivity contribution in [2.75, 3.05) is 0 Å². The van der Waals surface area contributed by atoms with Crippen molar-refractivity contribution >= 4 is 21.9 Å². The quantitative estimate of drug-likeness (QED) is 0.907. The van der Waals surface area contributed by atoms with Crippen LogP contribution in [0.2, 0.25) is 0 Å². The first-order valence-corrected chi connectivity index (χ1v) is 7.55. The van der Waals surface area contributed by atoms with Crippen molar-refractivity contribution in [1.29, 1.82) is 0 Å². The van der Waals surface area contributed by atoms with Crippen LogP contribution >= 0.6 is 15.9 Å². The maximum Gasteiger partial charge on any atom is 0.304 e. The van der Waals surface area contributed by atoms with Crippen molar-refractivity contribution < 1.29 is 19.4 Å². The molecule has 1 heterocycles. The van der Waals surface area contributed by atoms with E-state index in [0.29, 0.717) is 0 Å². The summed E-state index contributed by atoms with van der Waals surface area (Å²) in [5, 5.41) is 9.05. The van der Waals surface area contributed by atoms with Crippen LogP contribution in [-0.4, -0.2) is 16.9 Å². The minimum absolute atomic E-state index is 0.0659. The number of hydrogen-bond acceptors (Lipinski definition) is 3. The number of rotatable bonds is 3. The maximum absolute atomic E-state index is 11.0. The van der Waals surface area contributed by atoms with E-state index in [2.05, 4.69) is 15.9 Å². The molecule has 1 spiro atoms. The highest BCUT2D eigenvalue weighted by Gasteiger charge is 2.47. The maximum atomic E-state index is 11.0. The molecular formula is C15H17BrO4. The summed E-state index contributed by atoms with van der Waals surface area (Å²) in [6.45, 7) is 3.84. The number of benzene rings is 1. The third kappa shape index (κ3) is 2.18. The SMILES string of the molecule is CC(C)(CC(=O)O)c1cc2c(cc1Br)OC1(CCC1)O2. The molecule has 1 aliphatic carbocycles. The summed E-state index contributed by atoms with van der Waals surface area (Å²) in [6.07, 6.45) is 3.00. The third-order valence-electron chi connectivity index (χ3n) is 4.06. The molecule has 0 amide bonds. The fraction of sp³-hybridized carbons (Fsp3) is 0.533. The van der Waals surface area contributed by atoms with Gasteiger partial charge in [0.2, 0.25) is 0 Å². The summed E-state index contributed by atoms with van der Waals surface area (Å²) in [7, 11) is 0. The highest BCUT2D eigenvalue weighted by molar-refractivity contribution is 9.10. The van der Waals surface area contributed by atoms with Crippen molar-refractivity contribution in [3.63, 3.8) is 0 Å². The molecule has 4 nitrogen and oxygen atoms in total. The van der Waals surface area contributed by atoms with E-state index < -0.39 is 17.2 Å². The van der Waals surface area contributed by atoms with Gasteiger partial charge in [-0.25, -0.2) is 0 Å². The molecule has 0 unspecified atom stereocenters. The molecule has 20 heavy (non-hydrogen) atoms. The molecule has 108 valence electrons. The molecule has 0 atom stereocenters. The van der Waals surface area contributed by atoms with Crippen molar-refractivity contribution in [1.82, 2.24) is 0 Å². The van der Waals surface area contributed by atoms with Gasteiger partial charge < -0.3 is 14.6 Å². The Morgan fingerprint density at radius 3 is 2.45 bits per heavy atom. The second kappa shape index (κ2) is 4.38. The largest absolute Gasteiger partial charge is 0.481 e. The fourth-order valence-electron chi connectivity index (χ4n) is 2.78. The minimum atomic E-state index is -0.810. The van der Waals surface area contributed by atoms with Crippen molar-refractivity contribution in [3.05, 3.63) is 22.2 Å². The van der Waals surface area contributed by atoms with Crippen LogP contribution in [0, 0.1) is 0 Å². The number of carboxylic acids is 1. The molecule has 0 aromatic heterocycles. The number of aliphatic carboxylic acids is 1. The van der Waals surface area contributed by atoms with Crippen molar-refractivity contribution in [3.8, 4) is 11.5 Å². The van der Waals surface area contributed by atoms with Crippen LogP contribution < -0.4 is 9.47 Å². The zero-order chi connectivity index (χ0) is 14.5. The van der Waals surface area contributed by atoms with Crippen LogP contribution in [0.1, 0.15) is 45.1 Å². The lowest BCUT2D eigenvalue weighted by Crippen LogP contribution is -2.45. The Morgan fingerprint density at radius 1 is 1.35 bits per heavy atom. The van der Waals surface area contributed by atoms with Crippen molar-refractivity contribution in [2.45, 2.75) is 50.7 Å². The predicted molar refractivity (Wildman–Crippen MR) is 77.3 cm³/mol. The molecular weight excluding hydrogens is 324 g/mol. The monoisotopic (exact) mass is 340 g/mol. The minimum Gasteiger partial charge on any atom is -0.481 e. The Morgan fingerprint density at radius 2 is 1.95 bits per heavy atom. The van der Waals surface area contributed by atoms with E-state index in [0.717, 1.165) is 40.8 Å². The number of carboxylic acid groups (broad SMARTS) is 1. The predicted octanol–water partition coefficient (Wildman–Crippen LogP) is 3.85. The van der Waals surface area contributed by atoms with E-state index >= 15 is 0 Å². The third-order valence-corrected chi connectivity index (χ3v) is 4.72. The Hall–Kier alpha value is -1.23. The Kier molecular flexibility index (Phi) is 3.01. The second-order valence-corrected chi connectivity index (χ2v) is 7.06. The van der Waals surface area contributed by atoms with Gasteiger partial charge >= 0.3 is 5.97 Å². The Bertz CT molecular complexity index is 575. The van der Waals surface area contributed by atoms with Gasteiger partial charge in [-0.1, -0.05) is 29.8 Å². The molecule has 0 saturated heterocycles.